The minimum absolute atomic E-state index is 0.390. The van der Waals surface area contributed by atoms with Crippen LogP contribution in [0.15, 0.2) is 8.80 Å². The van der Waals surface area contributed by atoms with E-state index in [1.807, 2.05) is 48.5 Å². The molecule has 0 heterocycles. The van der Waals surface area contributed by atoms with E-state index < -0.39 is 31.5 Å². The maximum atomic E-state index is 11.9. The maximum Gasteiger partial charge on any atom is 0.145 e. The summed E-state index contributed by atoms with van der Waals surface area (Å²) in [6, 6.07) is 0. The Morgan fingerprint density at radius 1 is 1.00 bits per heavy atom. The van der Waals surface area contributed by atoms with Crippen molar-refractivity contribution in [1.82, 2.24) is 0 Å². The Balaban J connectivity index is 4.94. The lowest BCUT2D eigenvalue weighted by atomic mass is 10.3. The van der Waals surface area contributed by atoms with Gasteiger partial charge in [-0.05, 0) is 48.0 Å². The Morgan fingerprint density at radius 3 is 1.78 bits per heavy atom. The lowest BCUT2D eigenvalue weighted by molar-refractivity contribution is 0.650. The van der Waals surface area contributed by atoms with Crippen molar-refractivity contribution in [2.45, 2.75) is 64.4 Å². The first-order valence-electron chi connectivity index (χ1n) is 5.94. The molecule has 0 saturated carbocycles. The van der Waals surface area contributed by atoms with E-state index in [2.05, 4.69) is 8.80 Å². The monoisotopic (exact) mass is 292 g/mol. The van der Waals surface area contributed by atoms with E-state index in [0.29, 0.717) is 12.1 Å². The minimum Gasteiger partial charge on any atom is -0.234 e. The second-order valence-corrected chi connectivity index (χ2v) is 9.73. The number of nitrogens with zero attached hydrogens (tertiary/aromatic N) is 2. The third kappa shape index (κ3) is 6.54. The van der Waals surface area contributed by atoms with Crippen LogP contribution in [0.4, 0.5) is 0 Å². The summed E-state index contributed by atoms with van der Waals surface area (Å²) in [5.41, 5.74) is 0.612. The number of hydrogen-bond acceptors (Lipinski definition) is 2. The summed E-state index contributed by atoms with van der Waals surface area (Å²) < 4.78 is 30.9. The minimum atomic E-state index is -1.31. The standard InChI is InChI=1S/C12H24N2O2S2/c1-8-10(14-18(16)12(5,6)7)9-13-17(15)11(2,3)4/h9H,8H2,1-7H3. The fourth-order valence-corrected chi connectivity index (χ4v) is 1.89. The Hall–Kier alpha value is -0.360. The summed E-state index contributed by atoms with van der Waals surface area (Å²) in [6.45, 7) is 13.1. The van der Waals surface area contributed by atoms with Crippen molar-refractivity contribution in [2.24, 2.45) is 8.80 Å². The number of rotatable bonds is 4. The summed E-state index contributed by atoms with van der Waals surface area (Å²) >= 11 is 0. The van der Waals surface area contributed by atoms with Crippen LogP contribution in [0.3, 0.4) is 0 Å². The van der Waals surface area contributed by atoms with Crippen molar-refractivity contribution in [1.29, 1.82) is 0 Å². The van der Waals surface area contributed by atoms with Gasteiger partial charge in [-0.3, -0.25) is 0 Å². The molecular formula is C12H24N2O2S2. The third-order valence-corrected chi connectivity index (χ3v) is 4.70. The molecule has 0 amide bonds. The Kier molecular flexibility index (Phi) is 6.57. The van der Waals surface area contributed by atoms with Crippen LogP contribution in [0.25, 0.3) is 0 Å². The van der Waals surface area contributed by atoms with E-state index in [0.717, 1.165) is 0 Å². The molecular weight excluding hydrogens is 268 g/mol. The van der Waals surface area contributed by atoms with E-state index in [9.17, 15) is 8.42 Å². The van der Waals surface area contributed by atoms with Crippen LogP contribution in [0.5, 0.6) is 0 Å². The highest BCUT2D eigenvalue weighted by Crippen LogP contribution is 2.14. The van der Waals surface area contributed by atoms with Crippen molar-refractivity contribution in [2.75, 3.05) is 0 Å². The molecule has 0 fully saturated rings. The maximum absolute atomic E-state index is 11.9. The summed E-state index contributed by atoms with van der Waals surface area (Å²) in [6.07, 6.45) is 2.09. The molecule has 4 nitrogen and oxygen atoms in total. The molecule has 0 bridgehead atoms. The van der Waals surface area contributed by atoms with Crippen LogP contribution < -0.4 is 0 Å². The van der Waals surface area contributed by atoms with Gasteiger partial charge in [0, 0.05) is 0 Å². The summed E-state index contributed by atoms with van der Waals surface area (Å²) in [5.74, 6) is 0. The first kappa shape index (κ1) is 17.6. The van der Waals surface area contributed by atoms with Gasteiger partial charge in [0.05, 0.1) is 21.4 Å². The Morgan fingerprint density at radius 2 is 1.44 bits per heavy atom. The smallest absolute Gasteiger partial charge is 0.145 e. The first-order valence-corrected chi connectivity index (χ1v) is 8.15. The van der Waals surface area contributed by atoms with Crippen LogP contribution in [0.2, 0.25) is 0 Å². The molecule has 18 heavy (non-hydrogen) atoms. The van der Waals surface area contributed by atoms with Crippen LogP contribution >= 0.6 is 0 Å². The van der Waals surface area contributed by atoms with E-state index >= 15 is 0 Å². The Labute approximate surface area is 116 Å². The molecule has 0 spiro atoms. The highest BCUT2D eigenvalue weighted by molar-refractivity contribution is 7.85. The quantitative estimate of drug-likeness (QED) is 0.748. The molecule has 0 radical (unpaired) electrons. The molecule has 0 aromatic heterocycles. The molecule has 0 N–H and O–H groups in total. The molecule has 6 heteroatoms. The van der Waals surface area contributed by atoms with Crippen LogP contribution in [-0.2, 0) is 22.0 Å². The normalized spacial score (nSPS) is 18.1. The zero-order chi connectivity index (χ0) is 14.6. The molecule has 2 unspecified atom stereocenters. The summed E-state index contributed by atoms with van der Waals surface area (Å²) in [5, 5.41) is 0. The predicted octanol–water partition coefficient (Wildman–Crippen LogP) is 2.83. The largest absolute Gasteiger partial charge is 0.234 e. The first-order chi connectivity index (χ1) is 7.98. The van der Waals surface area contributed by atoms with Gasteiger partial charge < -0.3 is 0 Å². The molecule has 0 aliphatic heterocycles. The molecule has 0 aliphatic carbocycles. The van der Waals surface area contributed by atoms with E-state index in [4.69, 9.17) is 0 Å². The molecule has 2 atom stereocenters. The molecule has 0 aromatic rings. The van der Waals surface area contributed by atoms with E-state index in [1.165, 1.54) is 6.21 Å². The lowest BCUT2D eigenvalue weighted by Gasteiger charge is -2.14. The summed E-state index contributed by atoms with van der Waals surface area (Å²) in [7, 11) is -2.61. The highest BCUT2D eigenvalue weighted by atomic mass is 32.2. The topological polar surface area (TPSA) is 58.9 Å². The van der Waals surface area contributed by atoms with E-state index in [-0.39, 0.29) is 0 Å². The Bertz CT molecular complexity index is 388. The van der Waals surface area contributed by atoms with Gasteiger partial charge in [-0.25, -0.2) is 8.42 Å². The van der Waals surface area contributed by atoms with Gasteiger partial charge in [0.2, 0.25) is 0 Å². The van der Waals surface area contributed by atoms with Gasteiger partial charge in [-0.2, -0.15) is 8.80 Å². The summed E-state index contributed by atoms with van der Waals surface area (Å²) in [4.78, 5) is 0. The molecule has 106 valence electrons. The fourth-order valence-electron chi connectivity index (χ4n) is 0.690. The van der Waals surface area contributed by atoms with Gasteiger partial charge in [0.25, 0.3) is 0 Å². The van der Waals surface area contributed by atoms with Gasteiger partial charge in [-0.1, -0.05) is 6.92 Å². The van der Waals surface area contributed by atoms with Gasteiger partial charge >= 0.3 is 0 Å². The zero-order valence-electron chi connectivity index (χ0n) is 12.3. The van der Waals surface area contributed by atoms with E-state index in [1.54, 1.807) is 0 Å². The average molecular weight is 292 g/mol. The van der Waals surface area contributed by atoms with Gasteiger partial charge in [0.1, 0.15) is 22.0 Å². The molecule has 0 aromatic carbocycles. The van der Waals surface area contributed by atoms with Crippen LogP contribution in [0.1, 0.15) is 54.9 Å². The third-order valence-electron chi connectivity index (χ3n) is 1.91. The zero-order valence-corrected chi connectivity index (χ0v) is 13.9. The highest BCUT2D eigenvalue weighted by Gasteiger charge is 2.20. The van der Waals surface area contributed by atoms with Gasteiger partial charge in [0.15, 0.2) is 0 Å². The molecule has 0 saturated heterocycles. The second kappa shape index (κ2) is 6.70. The predicted molar refractivity (Wildman–Crippen MR) is 82.0 cm³/mol. The van der Waals surface area contributed by atoms with Crippen molar-refractivity contribution in [3.63, 3.8) is 0 Å². The average Bonchev–Trinajstić information content (AvgIpc) is 2.20. The van der Waals surface area contributed by atoms with Crippen molar-refractivity contribution >= 4 is 33.9 Å². The van der Waals surface area contributed by atoms with Crippen LogP contribution in [-0.4, -0.2) is 29.8 Å². The van der Waals surface area contributed by atoms with Crippen molar-refractivity contribution < 1.29 is 8.42 Å². The van der Waals surface area contributed by atoms with Crippen molar-refractivity contribution in [3.05, 3.63) is 0 Å². The number of hydrogen-bond donors (Lipinski definition) is 0. The second-order valence-electron chi connectivity index (χ2n) is 5.89. The SMILES string of the molecule is CCC(C=NS(=O)C(C)(C)C)=NS(=O)C(C)(C)C. The molecule has 0 rings (SSSR count). The van der Waals surface area contributed by atoms with Gasteiger partial charge in [-0.15, -0.1) is 0 Å². The van der Waals surface area contributed by atoms with Crippen molar-refractivity contribution in [3.8, 4) is 0 Å². The van der Waals surface area contributed by atoms with Crippen LogP contribution in [0, 0.1) is 0 Å². The lowest BCUT2D eigenvalue weighted by Crippen LogP contribution is -2.22. The molecule has 0 aliphatic rings. The fraction of sp³-hybridized carbons (Fsp3) is 0.833.